The normalized spacial score (nSPS) is 17.9. The fourth-order valence-corrected chi connectivity index (χ4v) is 14.9. The number of halogens is 1. The van der Waals surface area contributed by atoms with Crippen molar-refractivity contribution in [1.29, 1.82) is 0 Å². The number of rotatable bonds is 22. The standard InChI is InChI=1S/C65H76FN11O9S3/c1-39-56(87-38-68-39)43-21-22-44(33-67-59(80)51-32-45(78)36-76(51)61(82)57(64(3,4)5)72-62(83)65(66)26-27-65)52(31-43)86-29-12-7-13-30-89(84,85)74-60(81)55-46(48-34-69-77(40(48)2)35-41-15-8-6-9-16-41)23-24-54(71-55)75-28-25-42-17-14-18-47(49(42)37-75)58(79)73-63-70-50-19-10-11-20-53(50)88-63/h10-11,14,17-24,31,34,38,41,45,51,57,78H,6-9,12-13,15-16,25-30,32-33,35-37H2,1-5H3,(H,67,80)(H,72,83)(H,74,81)(H,70,73,79)/t45-,51+,57-/m1/s1. The number of likely N-dealkylation sites (tertiary alicyclic amines) is 1. The lowest BCUT2D eigenvalue weighted by atomic mass is 9.85. The number of unbranched alkanes of at least 4 members (excludes halogenated alkanes) is 2. The third-order valence-electron chi connectivity index (χ3n) is 17.4. The van der Waals surface area contributed by atoms with Gasteiger partial charge < -0.3 is 30.3 Å². The minimum Gasteiger partial charge on any atom is -0.493 e. The van der Waals surface area contributed by atoms with Crippen LogP contribution in [0, 0.1) is 25.2 Å². The summed E-state index contributed by atoms with van der Waals surface area (Å²) < 4.78 is 54.3. The number of anilines is 2. The van der Waals surface area contributed by atoms with Gasteiger partial charge in [-0.05, 0) is 130 Å². The third-order valence-corrected chi connectivity index (χ3v) is 20.7. The van der Waals surface area contributed by atoms with Crippen molar-refractivity contribution in [2.75, 3.05) is 35.7 Å². The van der Waals surface area contributed by atoms with Crippen LogP contribution in [0.1, 0.15) is 140 Å². The number of aliphatic hydroxyl groups is 1. The van der Waals surface area contributed by atoms with Gasteiger partial charge in [-0.3, -0.25) is 34.0 Å². The smallest absolute Gasteiger partial charge is 0.284 e. The van der Waals surface area contributed by atoms with E-state index in [0.717, 1.165) is 62.6 Å². The lowest BCUT2D eigenvalue weighted by Gasteiger charge is -2.35. The predicted molar refractivity (Wildman–Crippen MR) is 341 cm³/mol. The summed E-state index contributed by atoms with van der Waals surface area (Å²) in [6.07, 6.45) is 8.29. The van der Waals surface area contributed by atoms with Crippen molar-refractivity contribution in [3.05, 3.63) is 124 Å². The molecule has 7 aromatic rings. The highest BCUT2D eigenvalue weighted by atomic mass is 32.2. The molecule has 3 aromatic carbocycles. The molecule has 24 heteroatoms. The number of aromatic nitrogens is 5. The lowest BCUT2D eigenvalue weighted by Crippen LogP contribution is -2.59. The quantitative estimate of drug-likeness (QED) is 0.0396. The number of para-hydroxylation sites is 1. The molecule has 11 rings (SSSR count). The molecular weight excluding hydrogens is 1190 g/mol. The van der Waals surface area contributed by atoms with Crippen LogP contribution >= 0.6 is 22.7 Å². The summed E-state index contributed by atoms with van der Waals surface area (Å²) in [5.74, 6) is -2.11. The van der Waals surface area contributed by atoms with Crippen LogP contribution < -0.4 is 30.3 Å². The largest absolute Gasteiger partial charge is 0.493 e. The second kappa shape index (κ2) is 26.4. The van der Waals surface area contributed by atoms with E-state index in [1.54, 1.807) is 44.6 Å². The Morgan fingerprint density at radius 3 is 2.47 bits per heavy atom. The molecular formula is C65H76FN11O9S3. The Bertz CT molecular complexity index is 3890. The van der Waals surface area contributed by atoms with E-state index < -0.39 is 62.9 Å². The van der Waals surface area contributed by atoms with Gasteiger partial charge in [-0.2, -0.15) is 5.10 Å². The van der Waals surface area contributed by atoms with Crippen molar-refractivity contribution in [3.8, 4) is 27.3 Å². The summed E-state index contributed by atoms with van der Waals surface area (Å²) in [6.45, 7) is 10.7. The van der Waals surface area contributed by atoms with E-state index in [1.165, 1.54) is 46.8 Å². The number of ether oxygens (including phenoxy) is 1. The molecule has 0 radical (unpaired) electrons. The summed E-state index contributed by atoms with van der Waals surface area (Å²) in [5, 5.41) is 24.5. The summed E-state index contributed by atoms with van der Waals surface area (Å²) >= 11 is 2.86. The zero-order valence-corrected chi connectivity index (χ0v) is 53.2. The molecule has 3 atom stereocenters. The van der Waals surface area contributed by atoms with Crippen LogP contribution in [-0.4, -0.2) is 122 Å². The van der Waals surface area contributed by atoms with Crippen LogP contribution in [-0.2, 0) is 50.5 Å². The second-order valence-electron chi connectivity index (χ2n) is 25.1. The van der Waals surface area contributed by atoms with Crippen LogP contribution in [0.3, 0.4) is 0 Å². The number of thiazole rings is 2. The maximum absolute atomic E-state index is 14.8. The van der Waals surface area contributed by atoms with Crippen LogP contribution in [0.25, 0.3) is 31.8 Å². The van der Waals surface area contributed by atoms with Crippen molar-refractivity contribution in [3.63, 3.8) is 0 Å². The molecule has 1 saturated heterocycles. The fraction of sp³-hybridized carbons (Fsp3) is 0.462. The van der Waals surface area contributed by atoms with Gasteiger partial charge in [-0.1, -0.05) is 87.8 Å². The number of nitrogens with one attached hydrogen (secondary N) is 4. The number of carbonyl (C=O) groups is 5. The van der Waals surface area contributed by atoms with Gasteiger partial charge in [-0.15, -0.1) is 11.3 Å². The van der Waals surface area contributed by atoms with Crippen molar-refractivity contribution in [2.24, 2.45) is 11.3 Å². The number of carbonyl (C=O) groups excluding carboxylic acids is 5. The summed E-state index contributed by atoms with van der Waals surface area (Å²) in [4.78, 5) is 87.5. The molecule has 2 aliphatic carbocycles. The number of aryl methyl sites for hydroxylation is 1. The van der Waals surface area contributed by atoms with E-state index in [2.05, 4.69) is 30.6 Å². The molecule has 0 unspecified atom stereocenters. The van der Waals surface area contributed by atoms with E-state index >= 15 is 0 Å². The van der Waals surface area contributed by atoms with E-state index in [-0.39, 0.29) is 62.7 Å². The first-order chi connectivity index (χ1) is 42.6. The van der Waals surface area contributed by atoms with Gasteiger partial charge >= 0.3 is 0 Å². The van der Waals surface area contributed by atoms with Crippen molar-refractivity contribution in [2.45, 2.75) is 155 Å². The Morgan fingerprint density at radius 2 is 1.72 bits per heavy atom. The summed E-state index contributed by atoms with van der Waals surface area (Å²) in [5.41, 5.74) is 6.20. The van der Waals surface area contributed by atoms with Crippen molar-refractivity contribution < 1.29 is 46.6 Å². The Hall–Kier alpha value is -7.67. The number of benzene rings is 3. The highest BCUT2D eigenvalue weighted by Gasteiger charge is 2.53. The fourth-order valence-electron chi connectivity index (χ4n) is 12.2. The Kier molecular flexibility index (Phi) is 18.7. The van der Waals surface area contributed by atoms with Crippen LogP contribution in [0.4, 0.5) is 15.3 Å². The van der Waals surface area contributed by atoms with Gasteiger partial charge in [0.25, 0.3) is 17.7 Å². The molecule has 2 aliphatic heterocycles. The average molecular weight is 1270 g/mol. The Balaban J connectivity index is 0.749. The molecule has 4 aromatic heterocycles. The number of β-amino-alcohol motifs (C(OH)–C–C–N with tert-alkyl or cyclic N) is 1. The zero-order valence-electron chi connectivity index (χ0n) is 50.8. The molecule has 6 heterocycles. The molecule has 3 fully saturated rings. The number of hydrogen-bond donors (Lipinski definition) is 5. The molecule has 2 saturated carbocycles. The number of alkyl halides is 1. The highest BCUT2D eigenvalue weighted by molar-refractivity contribution is 7.90. The Morgan fingerprint density at radius 1 is 0.921 bits per heavy atom. The number of pyridine rings is 1. The number of aliphatic hydroxyl groups excluding tert-OH is 1. The molecule has 470 valence electrons. The van der Waals surface area contributed by atoms with E-state index in [4.69, 9.17) is 14.8 Å². The third kappa shape index (κ3) is 14.5. The second-order valence-corrected chi connectivity index (χ2v) is 28.8. The van der Waals surface area contributed by atoms with Crippen LogP contribution in [0.2, 0.25) is 0 Å². The monoisotopic (exact) mass is 1270 g/mol. The molecule has 0 spiro atoms. The van der Waals surface area contributed by atoms with E-state index in [1.807, 2.05) is 84.1 Å². The predicted octanol–water partition coefficient (Wildman–Crippen LogP) is 9.61. The maximum atomic E-state index is 14.8. The maximum Gasteiger partial charge on any atom is 0.284 e. The number of sulfonamides is 1. The van der Waals surface area contributed by atoms with Crippen molar-refractivity contribution in [1.82, 2.24) is 45.0 Å². The SMILES string of the molecule is Cc1ncsc1-c1ccc(CNC(=O)[C@@H]2C[C@@H](O)CN2C(=O)[C@@H](NC(=O)C2(F)CC2)C(C)(C)C)c(OCCCCCS(=O)(=O)NC(=O)c2nc(N3CCc4cccc(C(=O)Nc5nc6ccccc6s5)c4C3)ccc2-c2cnn(CC3CCCCC3)c2C)c1. The number of hydrogen-bond acceptors (Lipinski definition) is 16. The molecule has 20 nitrogen and oxygen atoms in total. The van der Waals surface area contributed by atoms with Crippen LogP contribution in [0.5, 0.6) is 5.75 Å². The van der Waals surface area contributed by atoms with E-state index in [0.29, 0.717) is 77.2 Å². The van der Waals surface area contributed by atoms with Crippen molar-refractivity contribution >= 4 is 83.4 Å². The van der Waals surface area contributed by atoms with Gasteiger partial charge in [-0.25, -0.2) is 32.5 Å². The number of fused-ring (bicyclic) bond motifs is 2. The molecule has 5 amide bonds. The van der Waals surface area contributed by atoms with Gasteiger partial charge in [0.05, 0.1) is 51.0 Å². The van der Waals surface area contributed by atoms with Gasteiger partial charge in [0.2, 0.25) is 21.8 Å². The minimum atomic E-state index is -4.20. The minimum absolute atomic E-state index is 0.00748. The summed E-state index contributed by atoms with van der Waals surface area (Å²) in [7, 11) is -4.20. The summed E-state index contributed by atoms with van der Waals surface area (Å²) in [6, 6.07) is 20.4. The number of amides is 5. The molecule has 5 N–H and O–H groups in total. The molecule has 4 aliphatic rings. The number of nitrogens with zero attached hydrogens (tertiary/aromatic N) is 7. The molecule has 0 bridgehead atoms. The Labute approximate surface area is 525 Å². The first-order valence-corrected chi connectivity index (χ1v) is 34.0. The van der Waals surface area contributed by atoms with Gasteiger partial charge in [0.15, 0.2) is 10.8 Å². The average Bonchev–Trinajstić information content (AvgIpc) is 1.86. The lowest BCUT2D eigenvalue weighted by molar-refractivity contribution is -0.145. The first-order valence-electron chi connectivity index (χ1n) is 30.6. The topological polar surface area (TPSA) is 260 Å². The highest BCUT2D eigenvalue weighted by Crippen LogP contribution is 2.41. The van der Waals surface area contributed by atoms with Gasteiger partial charge in [0, 0.05) is 67.1 Å². The van der Waals surface area contributed by atoms with E-state index in [9.17, 15) is 41.9 Å². The first kappa shape index (κ1) is 62.9. The zero-order chi connectivity index (χ0) is 62.8. The van der Waals surface area contributed by atoms with Gasteiger partial charge in [0.1, 0.15) is 29.3 Å². The molecule has 89 heavy (non-hydrogen) atoms. The van der Waals surface area contributed by atoms with Crippen LogP contribution in [0.15, 0.2) is 84.5 Å².